The van der Waals surface area contributed by atoms with Crippen molar-refractivity contribution in [3.8, 4) is 0 Å². The number of hydrogen-bond acceptors (Lipinski definition) is 2. The number of aldehydes is 1. The molecule has 0 aliphatic heterocycles. The highest BCUT2D eigenvalue weighted by Crippen LogP contribution is 2.14. The van der Waals surface area contributed by atoms with Gasteiger partial charge in [-0.2, -0.15) is 0 Å². The number of imidazole rings is 1. The molecule has 2 rings (SSSR count). The number of fused-ring (bicyclic) bond motifs is 1. The first-order valence-electron chi connectivity index (χ1n) is 3.86. The van der Waals surface area contributed by atoms with Crippen molar-refractivity contribution in [3.63, 3.8) is 0 Å². The van der Waals surface area contributed by atoms with Crippen LogP contribution in [0.15, 0.2) is 29.0 Å². The Morgan fingerprint density at radius 1 is 1.62 bits per heavy atom. The van der Waals surface area contributed by atoms with E-state index in [0.29, 0.717) is 6.42 Å². The van der Waals surface area contributed by atoms with E-state index in [1.54, 1.807) is 6.20 Å². The Kier molecular flexibility index (Phi) is 2.14. The second-order valence-corrected chi connectivity index (χ2v) is 3.60. The standard InChI is InChI=1S/C9H7BrN2O/c10-7-1-3-12-8(5-7)6-11-9(12)2-4-13/h1,3-6H,2H2. The van der Waals surface area contributed by atoms with Crippen LogP contribution in [0, 0.1) is 0 Å². The molecule has 4 heteroatoms. The maximum absolute atomic E-state index is 10.3. The summed E-state index contributed by atoms with van der Waals surface area (Å²) in [6.07, 6.45) is 4.86. The molecule has 2 aromatic rings. The summed E-state index contributed by atoms with van der Waals surface area (Å²) in [5, 5.41) is 0. The maximum atomic E-state index is 10.3. The number of halogens is 1. The summed E-state index contributed by atoms with van der Waals surface area (Å²) in [7, 11) is 0. The minimum absolute atomic E-state index is 0.357. The number of aromatic nitrogens is 2. The average Bonchev–Trinajstić information content (AvgIpc) is 2.49. The predicted octanol–water partition coefficient (Wildman–Crippen LogP) is 1.84. The lowest BCUT2D eigenvalue weighted by Gasteiger charge is -1.97. The van der Waals surface area contributed by atoms with Gasteiger partial charge in [0.25, 0.3) is 0 Å². The molecule has 0 fully saturated rings. The van der Waals surface area contributed by atoms with Crippen molar-refractivity contribution in [2.24, 2.45) is 0 Å². The van der Waals surface area contributed by atoms with E-state index < -0.39 is 0 Å². The Hall–Kier alpha value is -1.16. The van der Waals surface area contributed by atoms with E-state index in [9.17, 15) is 4.79 Å². The smallest absolute Gasteiger partial charge is 0.127 e. The fourth-order valence-corrected chi connectivity index (χ4v) is 1.61. The molecular weight excluding hydrogens is 232 g/mol. The Balaban J connectivity index is 2.61. The normalized spacial score (nSPS) is 10.5. The van der Waals surface area contributed by atoms with E-state index in [1.165, 1.54) is 0 Å². The van der Waals surface area contributed by atoms with Crippen LogP contribution in [0.4, 0.5) is 0 Å². The minimum atomic E-state index is 0.357. The summed E-state index contributed by atoms with van der Waals surface area (Å²) in [4.78, 5) is 14.5. The van der Waals surface area contributed by atoms with Crippen molar-refractivity contribution >= 4 is 27.7 Å². The molecule has 0 saturated carbocycles. The molecule has 0 atom stereocenters. The van der Waals surface area contributed by atoms with Gasteiger partial charge in [-0.05, 0) is 12.1 Å². The van der Waals surface area contributed by atoms with Crippen LogP contribution in [-0.2, 0) is 11.2 Å². The second-order valence-electron chi connectivity index (χ2n) is 2.69. The highest BCUT2D eigenvalue weighted by molar-refractivity contribution is 9.10. The number of carbonyl (C=O) groups is 1. The SMILES string of the molecule is O=CCc1ncc2cc(Br)ccn12. The topological polar surface area (TPSA) is 34.4 Å². The molecule has 0 N–H and O–H groups in total. The molecule has 0 aliphatic carbocycles. The molecule has 0 amide bonds. The van der Waals surface area contributed by atoms with Crippen LogP contribution in [0.1, 0.15) is 5.82 Å². The van der Waals surface area contributed by atoms with Gasteiger partial charge < -0.3 is 9.20 Å². The van der Waals surface area contributed by atoms with Gasteiger partial charge in [-0.1, -0.05) is 15.9 Å². The largest absolute Gasteiger partial charge is 0.303 e. The van der Waals surface area contributed by atoms with Crippen LogP contribution in [0.25, 0.3) is 5.52 Å². The molecule has 66 valence electrons. The molecule has 0 unspecified atom stereocenters. The zero-order valence-electron chi connectivity index (χ0n) is 6.77. The van der Waals surface area contributed by atoms with Crippen LogP contribution in [0.3, 0.4) is 0 Å². The molecule has 0 saturated heterocycles. The van der Waals surface area contributed by atoms with Gasteiger partial charge in [-0.25, -0.2) is 4.98 Å². The lowest BCUT2D eigenvalue weighted by molar-refractivity contribution is -0.107. The molecule has 0 spiro atoms. The highest BCUT2D eigenvalue weighted by Gasteiger charge is 2.01. The highest BCUT2D eigenvalue weighted by atomic mass is 79.9. The van der Waals surface area contributed by atoms with Gasteiger partial charge in [-0.15, -0.1) is 0 Å². The van der Waals surface area contributed by atoms with Crippen LogP contribution in [-0.4, -0.2) is 15.7 Å². The Morgan fingerprint density at radius 2 is 2.46 bits per heavy atom. The first-order chi connectivity index (χ1) is 6.31. The number of nitrogens with zero attached hydrogens (tertiary/aromatic N) is 2. The Labute approximate surface area is 83.5 Å². The van der Waals surface area contributed by atoms with Crippen molar-refractivity contribution in [1.82, 2.24) is 9.38 Å². The van der Waals surface area contributed by atoms with Crippen molar-refractivity contribution in [3.05, 3.63) is 34.8 Å². The van der Waals surface area contributed by atoms with E-state index in [0.717, 1.165) is 22.1 Å². The van der Waals surface area contributed by atoms with E-state index >= 15 is 0 Å². The third kappa shape index (κ3) is 1.49. The predicted molar refractivity (Wildman–Crippen MR) is 52.7 cm³/mol. The molecule has 13 heavy (non-hydrogen) atoms. The van der Waals surface area contributed by atoms with Crippen LogP contribution in [0.2, 0.25) is 0 Å². The fraction of sp³-hybridized carbons (Fsp3) is 0.111. The summed E-state index contributed by atoms with van der Waals surface area (Å²) < 4.78 is 2.91. The van der Waals surface area contributed by atoms with Gasteiger partial charge in [0.15, 0.2) is 0 Å². The zero-order chi connectivity index (χ0) is 9.26. The minimum Gasteiger partial charge on any atom is -0.303 e. The summed E-state index contributed by atoms with van der Waals surface area (Å²) in [6, 6.07) is 3.88. The molecular formula is C9H7BrN2O. The van der Waals surface area contributed by atoms with Crippen LogP contribution in [0.5, 0.6) is 0 Å². The third-order valence-electron chi connectivity index (χ3n) is 1.84. The van der Waals surface area contributed by atoms with Crippen LogP contribution >= 0.6 is 15.9 Å². The number of hydrogen-bond donors (Lipinski definition) is 0. The molecule has 2 aromatic heterocycles. The van der Waals surface area contributed by atoms with E-state index in [4.69, 9.17) is 0 Å². The monoisotopic (exact) mass is 238 g/mol. The van der Waals surface area contributed by atoms with Crippen molar-refractivity contribution in [1.29, 1.82) is 0 Å². The number of pyridine rings is 1. The number of carbonyl (C=O) groups excluding carboxylic acids is 1. The van der Waals surface area contributed by atoms with Gasteiger partial charge in [-0.3, -0.25) is 0 Å². The second kappa shape index (κ2) is 3.30. The first kappa shape index (κ1) is 8.44. The Morgan fingerprint density at radius 3 is 3.23 bits per heavy atom. The molecule has 0 aliphatic rings. The van der Waals surface area contributed by atoms with E-state index in [1.807, 2.05) is 22.7 Å². The maximum Gasteiger partial charge on any atom is 0.127 e. The fourth-order valence-electron chi connectivity index (χ4n) is 1.25. The lowest BCUT2D eigenvalue weighted by Crippen LogP contribution is -1.94. The van der Waals surface area contributed by atoms with E-state index in [-0.39, 0.29) is 0 Å². The van der Waals surface area contributed by atoms with Gasteiger partial charge >= 0.3 is 0 Å². The molecule has 3 nitrogen and oxygen atoms in total. The van der Waals surface area contributed by atoms with Gasteiger partial charge in [0, 0.05) is 10.7 Å². The third-order valence-corrected chi connectivity index (χ3v) is 2.33. The molecule has 0 bridgehead atoms. The molecule has 0 aromatic carbocycles. The van der Waals surface area contributed by atoms with Crippen LogP contribution < -0.4 is 0 Å². The van der Waals surface area contributed by atoms with Gasteiger partial charge in [0.2, 0.25) is 0 Å². The van der Waals surface area contributed by atoms with E-state index in [2.05, 4.69) is 20.9 Å². The molecule has 2 heterocycles. The summed E-state index contributed by atoms with van der Waals surface area (Å²) >= 11 is 3.37. The zero-order valence-corrected chi connectivity index (χ0v) is 8.36. The van der Waals surface area contributed by atoms with Gasteiger partial charge in [0.05, 0.1) is 18.1 Å². The Bertz CT molecular complexity index is 450. The van der Waals surface area contributed by atoms with Crippen molar-refractivity contribution < 1.29 is 4.79 Å². The summed E-state index contributed by atoms with van der Waals surface area (Å²) in [5.74, 6) is 0.775. The van der Waals surface area contributed by atoms with Crippen molar-refractivity contribution in [2.75, 3.05) is 0 Å². The first-order valence-corrected chi connectivity index (χ1v) is 4.65. The quantitative estimate of drug-likeness (QED) is 0.749. The lowest BCUT2D eigenvalue weighted by atomic mass is 10.4. The number of rotatable bonds is 2. The summed E-state index contributed by atoms with van der Waals surface area (Å²) in [6.45, 7) is 0. The van der Waals surface area contributed by atoms with Crippen molar-refractivity contribution in [2.45, 2.75) is 6.42 Å². The molecule has 0 radical (unpaired) electrons. The average molecular weight is 239 g/mol. The summed E-state index contributed by atoms with van der Waals surface area (Å²) in [5.41, 5.74) is 0.992. The van der Waals surface area contributed by atoms with Gasteiger partial charge in [0.1, 0.15) is 12.1 Å².